The maximum absolute atomic E-state index is 5.89. The van der Waals surface area contributed by atoms with Gasteiger partial charge in [-0.15, -0.1) is 0 Å². The van der Waals surface area contributed by atoms with E-state index in [1.807, 2.05) is 12.4 Å². The summed E-state index contributed by atoms with van der Waals surface area (Å²) in [6.45, 7) is 6.90. The van der Waals surface area contributed by atoms with E-state index in [1.54, 1.807) is 0 Å². The van der Waals surface area contributed by atoms with Gasteiger partial charge in [0.25, 0.3) is 0 Å². The second kappa shape index (κ2) is 7.64. The van der Waals surface area contributed by atoms with E-state index in [-0.39, 0.29) is 0 Å². The van der Waals surface area contributed by atoms with Crippen LogP contribution in [-0.4, -0.2) is 60.3 Å². The average molecular weight is 329 g/mol. The van der Waals surface area contributed by atoms with Crippen LogP contribution in [0.2, 0.25) is 0 Å². The Bertz CT molecular complexity index is 651. The largest absolute Gasteiger partial charge is 0.381 e. The first-order valence-electron chi connectivity index (χ1n) is 9.17. The zero-order valence-electron chi connectivity index (χ0n) is 14.3. The molecule has 2 aromatic heterocycles. The molecule has 0 aromatic carbocycles. The monoisotopic (exact) mass is 329 g/mol. The van der Waals surface area contributed by atoms with Crippen molar-refractivity contribution in [1.29, 1.82) is 0 Å². The number of ether oxygens (including phenoxy) is 2. The Morgan fingerprint density at radius 2 is 2.00 bits per heavy atom. The fraction of sp³-hybridized carbons (Fsp3) is 0.632. The number of hydrogen-bond acceptors (Lipinski definition) is 4. The summed E-state index contributed by atoms with van der Waals surface area (Å²) in [6, 6.07) is 4.24. The van der Waals surface area contributed by atoms with Crippen molar-refractivity contribution in [2.75, 3.05) is 46.1 Å². The molecule has 130 valence electrons. The molecule has 0 amide bonds. The molecule has 1 atom stereocenters. The first-order chi connectivity index (χ1) is 11.9. The standard InChI is InChI=1S/C19H27N3O2/c1-2-19-18(20-5-7-22(19)6-1)12-17-14-21(8-11-24-15-17)13-16-3-9-23-10-4-16/h1-2,5-7,16-17H,3-4,8-15H2. The Hall–Kier alpha value is -1.43. The number of hydrogen-bond donors (Lipinski definition) is 0. The third-order valence-electron chi connectivity index (χ3n) is 5.29. The molecule has 2 fully saturated rings. The normalized spacial score (nSPS) is 24.2. The van der Waals surface area contributed by atoms with Crippen LogP contribution in [0.4, 0.5) is 0 Å². The van der Waals surface area contributed by atoms with Crippen LogP contribution in [-0.2, 0) is 15.9 Å². The van der Waals surface area contributed by atoms with Crippen molar-refractivity contribution >= 4 is 5.52 Å². The van der Waals surface area contributed by atoms with Crippen molar-refractivity contribution in [3.8, 4) is 0 Å². The summed E-state index contributed by atoms with van der Waals surface area (Å²) in [5.41, 5.74) is 2.40. The molecule has 2 aliphatic heterocycles. The summed E-state index contributed by atoms with van der Waals surface area (Å²) < 4.78 is 13.5. The maximum atomic E-state index is 5.89. The lowest BCUT2D eigenvalue weighted by atomic mass is 9.98. The molecule has 0 N–H and O–H groups in total. The van der Waals surface area contributed by atoms with Gasteiger partial charge >= 0.3 is 0 Å². The Morgan fingerprint density at radius 1 is 1.08 bits per heavy atom. The highest BCUT2D eigenvalue weighted by molar-refractivity contribution is 5.52. The van der Waals surface area contributed by atoms with Gasteiger partial charge in [-0.05, 0) is 37.3 Å². The van der Waals surface area contributed by atoms with Gasteiger partial charge in [0.2, 0.25) is 0 Å². The van der Waals surface area contributed by atoms with Crippen molar-refractivity contribution in [3.63, 3.8) is 0 Å². The number of fused-ring (bicyclic) bond motifs is 1. The predicted molar refractivity (Wildman–Crippen MR) is 93.2 cm³/mol. The van der Waals surface area contributed by atoms with E-state index in [0.717, 1.165) is 51.9 Å². The molecule has 0 spiro atoms. The summed E-state index contributed by atoms with van der Waals surface area (Å²) >= 11 is 0. The average Bonchev–Trinajstić information content (AvgIpc) is 2.99. The highest BCUT2D eigenvalue weighted by atomic mass is 16.5. The van der Waals surface area contributed by atoms with Crippen molar-refractivity contribution in [1.82, 2.24) is 14.3 Å². The molecule has 0 aliphatic carbocycles. The zero-order valence-corrected chi connectivity index (χ0v) is 14.3. The molecule has 24 heavy (non-hydrogen) atoms. The van der Waals surface area contributed by atoms with Gasteiger partial charge in [0.05, 0.1) is 24.4 Å². The van der Waals surface area contributed by atoms with E-state index in [1.165, 1.54) is 30.6 Å². The minimum atomic E-state index is 0.515. The van der Waals surface area contributed by atoms with Gasteiger partial charge in [-0.25, -0.2) is 0 Å². The Morgan fingerprint density at radius 3 is 2.92 bits per heavy atom. The van der Waals surface area contributed by atoms with Crippen LogP contribution in [0.1, 0.15) is 18.5 Å². The van der Waals surface area contributed by atoms with Gasteiger partial charge in [-0.1, -0.05) is 0 Å². The fourth-order valence-corrected chi connectivity index (χ4v) is 4.00. The predicted octanol–water partition coefficient (Wildman–Crippen LogP) is 2.25. The summed E-state index contributed by atoms with van der Waals surface area (Å²) in [7, 11) is 0. The first kappa shape index (κ1) is 16.1. The van der Waals surface area contributed by atoms with E-state index in [0.29, 0.717) is 5.92 Å². The van der Waals surface area contributed by atoms with Gasteiger partial charge in [0, 0.05) is 57.4 Å². The molecule has 2 aliphatic rings. The Balaban J connectivity index is 1.41. The van der Waals surface area contributed by atoms with Gasteiger partial charge < -0.3 is 18.8 Å². The van der Waals surface area contributed by atoms with E-state index in [9.17, 15) is 0 Å². The number of nitrogens with zero attached hydrogens (tertiary/aromatic N) is 3. The minimum Gasteiger partial charge on any atom is -0.381 e. The van der Waals surface area contributed by atoms with Crippen LogP contribution in [0.15, 0.2) is 30.7 Å². The molecule has 5 nitrogen and oxygen atoms in total. The zero-order chi connectivity index (χ0) is 16.2. The Labute approximate surface area is 143 Å². The van der Waals surface area contributed by atoms with Crippen LogP contribution in [0, 0.1) is 11.8 Å². The molecule has 2 aromatic rings. The van der Waals surface area contributed by atoms with Crippen LogP contribution in [0.3, 0.4) is 0 Å². The van der Waals surface area contributed by atoms with Crippen LogP contribution in [0.25, 0.3) is 5.52 Å². The van der Waals surface area contributed by atoms with Crippen LogP contribution >= 0.6 is 0 Å². The highest BCUT2D eigenvalue weighted by Gasteiger charge is 2.23. The van der Waals surface area contributed by atoms with Crippen LogP contribution in [0.5, 0.6) is 0 Å². The molecule has 4 rings (SSSR count). The fourth-order valence-electron chi connectivity index (χ4n) is 4.00. The lowest BCUT2D eigenvalue weighted by Crippen LogP contribution is -2.36. The lowest BCUT2D eigenvalue weighted by molar-refractivity contribution is 0.0512. The summed E-state index contributed by atoms with van der Waals surface area (Å²) in [4.78, 5) is 7.24. The molecule has 5 heteroatoms. The first-order valence-corrected chi connectivity index (χ1v) is 9.17. The summed E-state index contributed by atoms with van der Waals surface area (Å²) in [5.74, 6) is 1.30. The SMILES string of the molecule is c1cc2c(CC3COCCN(CC4CCOCC4)C3)nccn2c1. The van der Waals surface area contributed by atoms with Gasteiger partial charge in [0.1, 0.15) is 0 Å². The van der Waals surface area contributed by atoms with E-state index >= 15 is 0 Å². The molecular formula is C19H27N3O2. The molecule has 0 bridgehead atoms. The highest BCUT2D eigenvalue weighted by Crippen LogP contribution is 2.20. The van der Waals surface area contributed by atoms with Crippen molar-refractivity contribution in [2.24, 2.45) is 11.8 Å². The topological polar surface area (TPSA) is 39.0 Å². The van der Waals surface area contributed by atoms with E-state index < -0.39 is 0 Å². The maximum Gasteiger partial charge on any atom is 0.0666 e. The quantitative estimate of drug-likeness (QED) is 0.862. The molecule has 1 unspecified atom stereocenters. The number of aromatic nitrogens is 2. The van der Waals surface area contributed by atoms with Crippen LogP contribution < -0.4 is 0 Å². The van der Waals surface area contributed by atoms with Crippen molar-refractivity contribution in [3.05, 3.63) is 36.4 Å². The molecular weight excluding hydrogens is 302 g/mol. The second-order valence-electron chi connectivity index (χ2n) is 7.14. The molecule has 0 saturated carbocycles. The van der Waals surface area contributed by atoms with Crippen molar-refractivity contribution < 1.29 is 9.47 Å². The summed E-state index contributed by atoms with van der Waals surface area (Å²) in [6.07, 6.45) is 9.39. The molecule has 4 heterocycles. The van der Waals surface area contributed by atoms with E-state index in [2.05, 4.69) is 32.6 Å². The van der Waals surface area contributed by atoms with Gasteiger partial charge in [-0.2, -0.15) is 0 Å². The lowest BCUT2D eigenvalue weighted by Gasteiger charge is -2.30. The Kier molecular flexibility index (Phi) is 5.11. The smallest absolute Gasteiger partial charge is 0.0666 e. The third kappa shape index (κ3) is 3.79. The second-order valence-corrected chi connectivity index (χ2v) is 7.14. The third-order valence-corrected chi connectivity index (χ3v) is 5.29. The minimum absolute atomic E-state index is 0.515. The molecule has 2 saturated heterocycles. The summed E-state index contributed by atoms with van der Waals surface area (Å²) in [5, 5.41) is 0. The van der Waals surface area contributed by atoms with E-state index in [4.69, 9.17) is 9.47 Å². The van der Waals surface area contributed by atoms with Gasteiger partial charge in [-0.3, -0.25) is 4.98 Å². The van der Waals surface area contributed by atoms with Gasteiger partial charge in [0.15, 0.2) is 0 Å². The van der Waals surface area contributed by atoms with Crippen molar-refractivity contribution in [2.45, 2.75) is 19.3 Å². The molecule has 0 radical (unpaired) electrons. The number of rotatable bonds is 4.